The molecule has 0 aromatic carbocycles. The Bertz CT molecular complexity index is 253. The third kappa shape index (κ3) is 2.13. The summed E-state index contributed by atoms with van der Waals surface area (Å²) in [7, 11) is 0. The van der Waals surface area contributed by atoms with Gasteiger partial charge in [0.05, 0.1) is 6.26 Å². The summed E-state index contributed by atoms with van der Waals surface area (Å²) in [5.74, 6) is 2.64. The predicted molar refractivity (Wildman–Crippen MR) is 52.7 cm³/mol. The SMILES string of the molecule is CC(C)NCC1CC1c1ccco1. The van der Waals surface area contributed by atoms with Gasteiger partial charge >= 0.3 is 0 Å². The maximum atomic E-state index is 5.37. The quantitative estimate of drug-likeness (QED) is 0.767. The maximum absolute atomic E-state index is 5.37. The Hall–Kier alpha value is -0.760. The fourth-order valence-corrected chi connectivity index (χ4v) is 1.71. The lowest BCUT2D eigenvalue weighted by atomic mass is 10.2. The molecule has 0 spiro atoms. The highest BCUT2D eigenvalue weighted by Gasteiger charge is 2.39. The summed E-state index contributed by atoms with van der Waals surface area (Å²) in [5, 5.41) is 3.46. The van der Waals surface area contributed by atoms with Crippen molar-refractivity contribution >= 4 is 0 Å². The molecule has 1 aliphatic rings. The molecule has 1 aromatic rings. The molecule has 72 valence electrons. The number of hydrogen-bond donors (Lipinski definition) is 1. The van der Waals surface area contributed by atoms with Gasteiger partial charge in [-0.2, -0.15) is 0 Å². The Balaban J connectivity index is 1.77. The Kier molecular flexibility index (Phi) is 2.40. The van der Waals surface area contributed by atoms with Gasteiger partial charge in [0.15, 0.2) is 0 Å². The van der Waals surface area contributed by atoms with Crippen molar-refractivity contribution in [1.29, 1.82) is 0 Å². The number of hydrogen-bond acceptors (Lipinski definition) is 2. The van der Waals surface area contributed by atoms with E-state index in [0.717, 1.165) is 18.2 Å². The van der Waals surface area contributed by atoms with Gasteiger partial charge in [-0.25, -0.2) is 0 Å². The molecule has 0 bridgehead atoms. The smallest absolute Gasteiger partial charge is 0.107 e. The minimum atomic E-state index is 0.595. The highest BCUT2D eigenvalue weighted by atomic mass is 16.3. The van der Waals surface area contributed by atoms with E-state index >= 15 is 0 Å². The van der Waals surface area contributed by atoms with Crippen molar-refractivity contribution in [2.45, 2.75) is 32.2 Å². The average molecular weight is 179 g/mol. The lowest BCUT2D eigenvalue weighted by Gasteiger charge is -2.06. The second-order valence-corrected chi connectivity index (χ2v) is 4.18. The molecular weight excluding hydrogens is 162 g/mol. The zero-order chi connectivity index (χ0) is 9.26. The summed E-state index contributed by atoms with van der Waals surface area (Å²) >= 11 is 0. The average Bonchev–Trinajstić information content (AvgIpc) is 2.66. The minimum absolute atomic E-state index is 0.595. The molecule has 1 saturated carbocycles. The van der Waals surface area contributed by atoms with Crippen LogP contribution in [0.2, 0.25) is 0 Å². The van der Waals surface area contributed by atoms with Gasteiger partial charge in [-0.1, -0.05) is 13.8 Å². The molecule has 2 nitrogen and oxygen atoms in total. The van der Waals surface area contributed by atoms with E-state index in [0.29, 0.717) is 12.0 Å². The van der Waals surface area contributed by atoms with Gasteiger partial charge in [0, 0.05) is 12.0 Å². The van der Waals surface area contributed by atoms with Crippen LogP contribution in [-0.2, 0) is 0 Å². The Morgan fingerprint density at radius 1 is 1.62 bits per heavy atom. The van der Waals surface area contributed by atoms with Crippen LogP contribution in [0.5, 0.6) is 0 Å². The topological polar surface area (TPSA) is 25.2 Å². The molecule has 2 rings (SSSR count). The third-order valence-corrected chi connectivity index (χ3v) is 2.62. The summed E-state index contributed by atoms with van der Waals surface area (Å²) in [6.45, 7) is 5.50. The van der Waals surface area contributed by atoms with E-state index in [2.05, 4.69) is 25.2 Å². The Morgan fingerprint density at radius 2 is 2.46 bits per heavy atom. The lowest BCUT2D eigenvalue weighted by Crippen LogP contribution is -2.25. The van der Waals surface area contributed by atoms with Gasteiger partial charge in [0.2, 0.25) is 0 Å². The number of furan rings is 1. The summed E-state index contributed by atoms with van der Waals surface area (Å²) in [6.07, 6.45) is 3.05. The Labute approximate surface area is 79.3 Å². The van der Waals surface area contributed by atoms with Crippen molar-refractivity contribution in [2.24, 2.45) is 5.92 Å². The van der Waals surface area contributed by atoms with Crippen LogP contribution >= 0.6 is 0 Å². The molecule has 0 amide bonds. The van der Waals surface area contributed by atoms with Gasteiger partial charge in [0.1, 0.15) is 5.76 Å². The number of nitrogens with one attached hydrogen (secondary N) is 1. The highest BCUT2D eigenvalue weighted by molar-refractivity contribution is 5.15. The first-order chi connectivity index (χ1) is 6.27. The molecule has 2 atom stereocenters. The van der Waals surface area contributed by atoms with Gasteiger partial charge in [0.25, 0.3) is 0 Å². The van der Waals surface area contributed by atoms with Gasteiger partial charge in [-0.15, -0.1) is 0 Å². The summed E-state index contributed by atoms with van der Waals surface area (Å²) < 4.78 is 5.37. The minimum Gasteiger partial charge on any atom is -0.469 e. The summed E-state index contributed by atoms with van der Waals surface area (Å²) in [5.41, 5.74) is 0. The van der Waals surface area contributed by atoms with Gasteiger partial charge in [-0.05, 0) is 31.0 Å². The second-order valence-electron chi connectivity index (χ2n) is 4.18. The van der Waals surface area contributed by atoms with E-state index in [1.54, 1.807) is 6.26 Å². The van der Waals surface area contributed by atoms with Crippen LogP contribution in [0.15, 0.2) is 22.8 Å². The van der Waals surface area contributed by atoms with E-state index in [1.807, 2.05) is 6.07 Å². The molecule has 1 N–H and O–H groups in total. The van der Waals surface area contributed by atoms with Crippen molar-refractivity contribution in [3.63, 3.8) is 0 Å². The summed E-state index contributed by atoms with van der Waals surface area (Å²) in [6, 6.07) is 4.65. The lowest BCUT2D eigenvalue weighted by molar-refractivity contribution is 0.491. The van der Waals surface area contributed by atoms with Crippen LogP contribution in [0.25, 0.3) is 0 Å². The first-order valence-electron chi connectivity index (χ1n) is 5.04. The van der Waals surface area contributed by atoms with E-state index < -0.39 is 0 Å². The van der Waals surface area contributed by atoms with Crippen molar-refractivity contribution in [3.05, 3.63) is 24.2 Å². The fraction of sp³-hybridized carbons (Fsp3) is 0.636. The van der Waals surface area contributed by atoms with Crippen LogP contribution in [-0.4, -0.2) is 12.6 Å². The van der Waals surface area contributed by atoms with Crippen LogP contribution in [0, 0.1) is 5.92 Å². The fourth-order valence-electron chi connectivity index (χ4n) is 1.71. The van der Waals surface area contributed by atoms with Crippen molar-refractivity contribution in [3.8, 4) is 0 Å². The largest absolute Gasteiger partial charge is 0.469 e. The molecule has 1 aliphatic carbocycles. The van der Waals surface area contributed by atoms with Crippen molar-refractivity contribution < 1.29 is 4.42 Å². The predicted octanol–water partition coefficient (Wildman–Crippen LogP) is 2.38. The van der Waals surface area contributed by atoms with Crippen molar-refractivity contribution in [2.75, 3.05) is 6.54 Å². The standard InChI is InChI=1S/C11H17NO/c1-8(2)12-7-9-6-10(9)11-4-3-5-13-11/h3-5,8-10,12H,6-7H2,1-2H3. The van der Waals surface area contributed by atoms with E-state index in [9.17, 15) is 0 Å². The van der Waals surface area contributed by atoms with E-state index in [1.165, 1.54) is 6.42 Å². The molecule has 0 saturated heterocycles. The van der Waals surface area contributed by atoms with Gasteiger partial charge < -0.3 is 9.73 Å². The second kappa shape index (κ2) is 3.54. The van der Waals surface area contributed by atoms with Crippen LogP contribution in [0.3, 0.4) is 0 Å². The first-order valence-corrected chi connectivity index (χ1v) is 5.04. The molecule has 1 fully saturated rings. The molecule has 2 unspecified atom stereocenters. The van der Waals surface area contributed by atoms with Crippen LogP contribution < -0.4 is 5.32 Å². The zero-order valence-corrected chi connectivity index (χ0v) is 8.29. The van der Waals surface area contributed by atoms with Crippen LogP contribution in [0.1, 0.15) is 31.9 Å². The van der Waals surface area contributed by atoms with Crippen LogP contribution in [0.4, 0.5) is 0 Å². The van der Waals surface area contributed by atoms with Gasteiger partial charge in [-0.3, -0.25) is 0 Å². The van der Waals surface area contributed by atoms with E-state index in [-0.39, 0.29) is 0 Å². The molecule has 1 aromatic heterocycles. The first kappa shape index (κ1) is 8.82. The van der Waals surface area contributed by atoms with Crippen molar-refractivity contribution in [1.82, 2.24) is 5.32 Å². The molecular formula is C11H17NO. The molecule has 0 aliphatic heterocycles. The molecule has 1 heterocycles. The third-order valence-electron chi connectivity index (χ3n) is 2.62. The normalized spacial score (nSPS) is 26.7. The zero-order valence-electron chi connectivity index (χ0n) is 8.29. The maximum Gasteiger partial charge on any atom is 0.107 e. The molecule has 0 radical (unpaired) electrons. The monoisotopic (exact) mass is 179 g/mol. The summed E-state index contributed by atoms with van der Waals surface area (Å²) in [4.78, 5) is 0. The Morgan fingerprint density at radius 3 is 3.08 bits per heavy atom. The van der Waals surface area contributed by atoms with E-state index in [4.69, 9.17) is 4.42 Å². The number of rotatable bonds is 4. The molecule has 2 heteroatoms. The highest BCUT2D eigenvalue weighted by Crippen LogP contribution is 2.47. The molecule has 13 heavy (non-hydrogen) atoms.